The quantitative estimate of drug-likeness (QED) is 0.166. The molecule has 2 aliphatic heterocycles. The fraction of sp³-hybridized carbons (Fsp3) is 0.236. The number of hydrogen-bond acceptors (Lipinski definition) is 2. The molecule has 0 atom stereocenters. The van der Waals surface area contributed by atoms with Gasteiger partial charge in [-0.05, 0) is 129 Å². The topological polar surface area (TPSA) is 11.4 Å². The first-order valence-electron chi connectivity index (χ1n) is 21.3. The van der Waals surface area contributed by atoms with Gasteiger partial charge < -0.3 is 14.4 Å². The Morgan fingerprint density at radius 2 is 0.847 bits per heavy atom. The van der Waals surface area contributed by atoms with Gasteiger partial charge in [-0.3, -0.25) is 0 Å². The number of aromatic nitrogens is 1. The average Bonchev–Trinajstić information content (AvgIpc) is 3.54. The summed E-state index contributed by atoms with van der Waals surface area (Å²) in [5, 5.41) is 2.54. The van der Waals surface area contributed by atoms with E-state index in [9.17, 15) is 0 Å². The molecule has 0 bridgehead atoms. The summed E-state index contributed by atoms with van der Waals surface area (Å²) in [5.74, 6) is 0. The molecule has 0 spiro atoms. The lowest BCUT2D eigenvalue weighted by molar-refractivity contribution is 0.590. The Hall–Kier alpha value is -6.00. The summed E-state index contributed by atoms with van der Waals surface area (Å²) in [4.78, 5) is 5.09. The Labute approximate surface area is 351 Å². The van der Waals surface area contributed by atoms with Gasteiger partial charge in [0.05, 0.1) is 11.0 Å². The molecule has 3 nitrogen and oxygen atoms in total. The second-order valence-electron chi connectivity index (χ2n) is 20.1. The van der Waals surface area contributed by atoms with E-state index in [1.165, 1.54) is 94.6 Å². The zero-order chi connectivity index (χ0) is 41.2. The molecule has 2 aliphatic rings. The Kier molecular flexibility index (Phi) is 8.22. The van der Waals surface area contributed by atoms with Crippen LogP contribution in [0.4, 0.5) is 34.1 Å². The highest BCUT2D eigenvalue weighted by Crippen LogP contribution is 2.46. The predicted octanol–water partition coefficient (Wildman–Crippen LogP) is 13.1. The zero-order valence-electron chi connectivity index (χ0n) is 36.3. The van der Waals surface area contributed by atoms with Gasteiger partial charge in [0.25, 0.3) is 6.71 Å². The third-order valence-electron chi connectivity index (χ3n) is 12.9. The van der Waals surface area contributed by atoms with Gasteiger partial charge in [0.2, 0.25) is 0 Å². The van der Waals surface area contributed by atoms with Crippen LogP contribution in [0.1, 0.15) is 84.6 Å². The van der Waals surface area contributed by atoms with Crippen molar-refractivity contribution in [3.63, 3.8) is 0 Å². The molecule has 292 valence electrons. The van der Waals surface area contributed by atoms with Crippen LogP contribution in [0.5, 0.6) is 0 Å². The van der Waals surface area contributed by atoms with E-state index in [2.05, 4.69) is 229 Å². The lowest BCUT2D eigenvalue weighted by atomic mass is 9.33. The number of para-hydroxylation sites is 2. The summed E-state index contributed by atoms with van der Waals surface area (Å²) in [7, 11) is 0. The molecule has 10 rings (SSSR count). The highest BCUT2D eigenvalue weighted by molar-refractivity contribution is 7.00. The van der Waals surface area contributed by atoms with Crippen LogP contribution in [0.3, 0.4) is 0 Å². The second kappa shape index (κ2) is 13.0. The molecule has 0 saturated carbocycles. The molecule has 59 heavy (non-hydrogen) atoms. The van der Waals surface area contributed by atoms with E-state index in [4.69, 9.17) is 0 Å². The minimum atomic E-state index is -0.0106. The average molecular weight is 768 g/mol. The first-order valence-corrected chi connectivity index (χ1v) is 21.3. The maximum absolute atomic E-state index is 2.56. The highest BCUT2D eigenvalue weighted by Gasteiger charge is 2.44. The fourth-order valence-corrected chi connectivity index (χ4v) is 9.71. The molecule has 0 unspecified atom stereocenters. The molecule has 4 heteroatoms. The van der Waals surface area contributed by atoms with Gasteiger partial charge in [0.15, 0.2) is 0 Å². The third kappa shape index (κ3) is 5.94. The van der Waals surface area contributed by atoms with Crippen LogP contribution in [0.2, 0.25) is 0 Å². The van der Waals surface area contributed by atoms with Crippen LogP contribution >= 0.6 is 0 Å². The first kappa shape index (κ1) is 37.3. The van der Waals surface area contributed by atoms with Crippen LogP contribution in [0.15, 0.2) is 146 Å². The van der Waals surface area contributed by atoms with E-state index < -0.39 is 0 Å². The van der Waals surface area contributed by atoms with Crippen molar-refractivity contribution in [2.45, 2.75) is 85.5 Å². The van der Waals surface area contributed by atoms with E-state index in [1.807, 2.05) is 0 Å². The number of fused-ring (bicyclic) bond motifs is 7. The Balaban J connectivity index is 1.28. The van der Waals surface area contributed by atoms with Crippen molar-refractivity contribution in [1.82, 2.24) is 4.57 Å². The Bertz CT molecular complexity index is 2890. The minimum Gasteiger partial charge on any atom is -0.311 e. The van der Waals surface area contributed by atoms with Gasteiger partial charge in [-0.25, -0.2) is 0 Å². The van der Waals surface area contributed by atoms with Gasteiger partial charge in [0, 0.05) is 50.6 Å². The number of benzene rings is 7. The van der Waals surface area contributed by atoms with Crippen molar-refractivity contribution >= 4 is 79.0 Å². The number of anilines is 6. The van der Waals surface area contributed by atoms with Gasteiger partial charge in [-0.2, -0.15) is 0 Å². The van der Waals surface area contributed by atoms with E-state index in [0.717, 1.165) is 5.69 Å². The lowest BCUT2D eigenvalue weighted by Crippen LogP contribution is -2.61. The van der Waals surface area contributed by atoms with Crippen molar-refractivity contribution in [3.05, 3.63) is 168 Å². The van der Waals surface area contributed by atoms with Crippen LogP contribution in [0, 0.1) is 6.92 Å². The van der Waals surface area contributed by atoms with Crippen molar-refractivity contribution in [3.8, 4) is 5.69 Å². The molecular weight excluding hydrogens is 713 g/mol. The standard InChI is InChI=1S/C55H54BN3/c1-35-31-50-52-51(32-35)58(40-26-21-37(22-27-40)54(5,6)7)49-34-41(59-46-17-13-11-15-42(46)43-16-12-14-18-47(43)59)28-29-44(49)56(52)45-33-38(55(8,9)10)23-30-48(45)57(50)39-24-19-36(20-25-39)53(2,3)4/h11-34H,1-10H3. The normalized spacial score (nSPS) is 13.8. The summed E-state index contributed by atoms with van der Waals surface area (Å²) in [5.41, 5.74) is 20.3. The Morgan fingerprint density at radius 3 is 1.36 bits per heavy atom. The van der Waals surface area contributed by atoms with Crippen LogP contribution in [0.25, 0.3) is 27.5 Å². The smallest absolute Gasteiger partial charge is 0.252 e. The van der Waals surface area contributed by atoms with Gasteiger partial charge in [-0.15, -0.1) is 0 Å². The number of hydrogen-bond donors (Lipinski definition) is 0. The molecule has 0 aliphatic carbocycles. The maximum Gasteiger partial charge on any atom is 0.252 e. The van der Waals surface area contributed by atoms with Crippen LogP contribution in [-0.2, 0) is 16.2 Å². The number of rotatable bonds is 3. The second-order valence-corrected chi connectivity index (χ2v) is 20.1. The highest BCUT2D eigenvalue weighted by atomic mass is 15.2. The zero-order valence-corrected chi connectivity index (χ0v) is 36.3. The van der Waals surface area contributed by atoms with Gasteiger partial charge in [0.1, 0.15) is 0 Å². The van der Waals surface area contributed by atoms with Crippen molar-refractivity contribution in [1.29, 1.82) is 0 Å². The molecular formula is C55H54BN3. The fourth-order valence-electron chi connectivity index (χ4n) is 9.71. The molecule has 3 heterocycles. The van der Waals surface area contributed by atoms with Crippen molar-refractivity contribution in [2.75, 3.05) is 9.80 Å². The van der Waals surface area contributed by atoms with Crippen molar-refractivity contribution < 1.29 is 0 Å². The van der Waals surface area contributed by atoms with E-state index >= 15 is 0 Å². The van der Waals surface area contributed by atoms with Crippen LogP contribution < -0.4 is 26.2 Å². The van der Waals surface area contributed by atoms with Crippen LogP contribution in [-0.4, -0.2) is 11.3 Å². The first-order chi connectivity index (χ1) is 28.1. The summed E-state index contributed by atoms with van der Waals surface area (Å²) in [6, 6.07) is 55.7. The van der Waals surface area contributed by atoms with Crippen molar-refractivity contribution in [2.24, 2.45) is 0 Å². The van der Waals surface area contributed by atoms with Gasteiger partial charge in [-0.1, -0.05) is 141 Å². The van der Waals surface area contributed by atoms with E-state index in [1.54, 1.807) is 0 Å². The molecule has 0 saturated heterocycles. The Morgan fingerprint density at radius 1 is 0.390 bits per heavy atom. The lowest BCUT2D eigenvalue weighted by Gasteiger charge is -2.45. The molecule has 1 aromatic heterocycles. The molecule has 7 aromatic carbocycles. The predicted molar refractivity (Wildman–Crippen MR) is 256 cm³/mol. The number of nitrogens with zero attached hydrogens (tertiary/aromatic N) is 3. The van der Waals surface area contributed by atoms with E-state index in [-0.39, 0.29) is 23.0 Å². The summed E-state index contributed by atoms with van der Waals surface area (Å²) in [6.45, 7) is 23.1. The molecule has 0 radical (unpaired) electrons. The largest absolute Gasteiger partial charge is 0.311 e. The molecule has 0 amide bonds. The third-order valence-corrected chi connectivity index (χ3v) is 12.9. The monoisotopic (exact) mass is 767 g/mol. The molecule has 8 aromatic rings. The molecule has 0 N–H and O–H groups in total. The van der Waals surface area contributed by atoms with Gasteiger partial charge >= 0.3 is 0 Å². The summed E-state index contributed by atoms with van der Waals surface area (Å²) < 4.78 is 2.46. The maximum atomic E-state index is 2.56. The molecule has 0 fully saturated rings. The van der Waals surface area contributed by atoms with E-state index in [0.29, 0.717) is 0 Å². The number of aryl methyl sites for hydroxylation is 1. The minimum absolute atomic E-state index is 0.0106. The summed E-state index contributed by atoms with van der Waals surface area (Å²) in [6.07, 6.45) is 0. The summed E-state index contributed by atoms with van der Waals surface area (Å²) >= 11 is 0. The SMILES string of the molecule is Cc1cc2c3c(c1)N(c1ccc(C(C)(C)C)cc1)c1cc(-n4c5ccccc5c5ccccc54)ccc1B3c1cc(C(C)(C)C)ccc1N2c1ccc(C(C)(C)C)cc1.